The van der Waals surface area contributed by atoms with Crippen LogP contribution in [-0.4, -0.2) is 9.86 Å². The van der Waals surface area contributed by atoms with Gasteiger partial charge in [-0.05, 0) is 92.5 Å². The van der Waals surface area contributed by atoms with Crippen molar-refractivity contribution in [1.82, 2.24) is 4.57 Å². The molecule has 0 aliphatic carbocycles. The Morgan fingerprint density at radius 3 is 1.40 bits per heavy atom. The van der Waals surface area contributed by atoms with Crippen molar-refractivity contribution in [2.45, 2.75) is 0 Å². The molecule has 53 heavy (non-hydrogen) atoms. The van der Waals surface area contributed by atoms with E-state index in [0.717, 1.165) is 38.5 Å². The summed E-state index contributed by atoms with van der Waals surface area (Å²) < 4.78 is 2.34. The number of nitrogens with zero attached hydrogens (tertiary/aromatic N) is 3. The monoisotopic (exact) mass is 693 g/mol. The third kappa shape index (κ3) is 5.35. The number of aromatic nitrogens is 1. The number of hydrogen-bond acceptors (Lipinski definition) is 1. The van der Waals surface area contributed by atoms with Gasteiger partial charge in [0.05, 0.1) is 29.0 Å². The zero-order chi connectivity index (χ0) is 35.8. The van der Waals surface area contributed by atoms with E-state index in [1.54, 1.807) is 0 Å². The van der Waals surface area contributed by atoms with E-state index >= 15 is 0 Å². The van der Waals surface area contributed by atoms with E-state index in [2.05, 4.69) is 161 Å². The predicted molar refractivity (Wildman–Crippen MR) is 224 cm³/mol. The van der Waals surface area contributed by atoms with Gasteiger partial charge in [-0.1, -0.05) is 146 Å². The van der Waals surface area contributed by atoms with E-state index in [1.807, 2.05) is 48.6 Å². The molecular weight excluding hydrogens is 662 g/mol. The topological polar surface area (TPSA) is 33.1 Å². The summed E-state index contributed by atoms with van der Waals surface area (Å²) in [6, 6.07) is 65.8. The van der Waals surface area contributed by atoms with Gasteiger partial charge >= 0.3 is 0 Å². The van der Waals surface area contributed by atoms with Crippen LogP contribution in [0, 0.1) is 17.9 Å². The van der Waals surface area contributed by atoms with Gasteiger partial charge in [0.25, 0.3) is 0 Å². The molecule has 0 saturated carbocycles. The number of fused-ring (bicyclic) bond motifs is 3. The number of hydrogen-bond donors (Lipinski definition) is 0. The molecule has 0 bridgehead atoms. The molecule has 0 radical (unpaired) electrons. The van der Waals surface area contributed by atoms with Crippen LogP contribution in [0.3, 0.4) is 0 Å². The Morgan fingerprint density at radius 2 is 0.943 bits per heavy atom. The van der Waals surface area contributed by atoms with Crippen LogP contribution >= 0.6 is 6.89 Å². The predicted octanol–water partition coefficient (Wildman–Crippen LogP) is 11.6. The summed E-state index contributed by atoms with van der Waals surface area (Å²) in [6.07, 6.45) is 4.02. The first-order valence-electron chi connectivity index (χ1n) is 17.6. The molecule has 1 aliphatic heterocycles. The summed E-state index contributed by atoms with van der Waals surface area (Å²) in [5.74, 6) is 0. The van der Waals surface area contributed by atoms with Gasteiger partial charge in [0.2, 0.25) is 0 Å². The van der Waals surface area contributed by atoms with Gasteiger partial charge in [-0.25, -0.2) is 4.85 Å². The molecule has 0 fully saturated rings. The molecule has 0 amide bonds. The Hall–Kier alpha value is -6.90. The van der Waals surface area contributed by atoms with Crippen LogP contribution in [0.4, 0.5) is 0 Å². The second-order valence-corrected chi connectivity index (χ2v) is 16.4. The van der Waals surface area contributed by atoms with Crippen molar-refractivity contribution in [3.05, 3.63) is 217 Å². The number of allylic oxidation sites excluding steroid dienone is 3. The minimum absolute atomic E-state index is 0.610. The lowest BCUT2D eigenvalue weighted by Gasteiger charge is -2.31. The maximum atomic E-state index is 10.7. The molecule has 0 unspecified atom stereocenters. The maximum Gasteiger partial charge on any atom is 0.196 e. The Bertz CT molecular complexity index is 2730. The molecule has 2 heterocycles. The van der Waals surface area contributed by atoms with Crippen LogP contribution in [0.1, 0.15) is 5.56 Å². The van der Waals surface area contributed by atoms with Crippen molar-refractivity contribution in [3.63, 3.8) is 0 Å². The minimum Gasteiger partial charge on any atom is -0.309 e. The van der Waals surface area contributed by atoms with Crippen LogP contribution in [0.5, 0.6) is 0 Å². The van der Waals surface area contributed by atoms with Crippen molar-refractivity contribution < 1.29 is 0 Å². The maximum absolute atomic E-state index is 10.7. The summed E-state index contributed by atoms with van der Waals surface area (Å²) in [6.45, 7) is 5.77. The van der Waals surface area contributed by atoms with Gasteiger partial charge in [0.15, 0.2) is 5.44 Å². The fourth-order valence-electron chi connectivity index (χ4n) is 7.75. The average molecular weight is 694 g/mol. The second kappa shape index (κ2) is 13.3. The van der Waals surface area contributed by atoms with Crippen molar-refractivity contribution in [2.24, 2.45) is 0 Å². The molecule has 4 heteroatoms. The van der Waals surface area contributed by atoms with Crippen molar-refractivity contribution in [2.75, 3.05) is 0 Å². The molecule has 248 valence electrons. The summed E-state index contributed by atoms with van der Waals surface area (Å²) in [5, 5.41) is 15.8. The zero-order valence-electron chi connectivity index (χ0n) is 28.8. The normalized spacial score (nSPS) is 13.6. The minimum atomic E-state index is -2.65. The van der Waals surface area contributed by atoms with E-state index in [9.17, 15) is 5.26 Å². The molecule has 1 aliphatic rings. The third-order valence-corrected chi connectivity index (χ3v) is 14.2. The second-order valence-electron chi connectivity index (χ2n) is 13.1. The molecular formula is C49H32N3P. The fourth-order valence-corrected chi connectivity index (χ4v) is 11.6. The molecule has 3 nitrogen and oxygen atoms in total. The van der Waals surface area contributed by atoms with Gasteiger partial charge in [-0.15, -0.1) is 0 Å². The highest BCUT2D eigenvalue weighted by Gasteiger charge is 2.34. The van der Waals surface area contributed by atoms with E-state index in [-0.39, 0.29) is 0 Å². The van der Waals surface area contributed by atoms with E-state index < -0.39 is 6.89 Å². The Labute approximate surface area is 309 Å². The molecule has 7 aromatic carbocycles. The van der Waals surface area contributed by atoms with Gasteiger partial charge < -0.3 is 4.57 Å². The SMILES string of the molecule is [C-]#[N+]C1=CC(c2ccc(-n3c4ccc(-c5ccccc5)cc4c4cc(-c5ccccc5)ccc43)cc2)=CC(C#N)=P1(c1ccccc1)c1ccccc1. The molecule has 0 atom stereocenters. The average Bonchev–Trinajstić information content (AvgIpc) is 3.57. The smallest absolute Gasteiger partial charge is 0.196 e. The lowest BCUT2D eigenvalue weighted by atomic mass is 10.0. The first-order chi connectivity index (χ1) is 26.2. The number of rotatable bonds is 6. The molecule has 1 aromatic heterocycles. The summed E-state index contributed by atoms with van der Waals surface area (Å²) in [5.41, 5.74) is 10.5. The molecule has 0 saturated heterocycles. The molecule has 0 N–H and O–H groups in total. The van der Waals surface area contributed by atoms with Crippen molar-refractivity contribution >= 4 is 50.2 Å². The highest BCUT2D eigenvalue weighted by molar-refractivity contribution is 7.93. The highest BCUT2D eigenvalue weighted by Crippen LogP contribution is 2.58. The Balaban J connectivity index is 1.20. The molecule has 8 aromatic rings. The Morgan fingerprint density at radius 1 is 0.491 bits per heavy atom. The first-order valence-corrected chi connectivity index (χ1v) is 19.4. The van der Waals surface area contributed by atoms with Gasteiger partial charge in [0, 0.05) is 23.3 Å². The fraction of sp³-hybridized carbons (Fsp3) is 0. The van der Waals surface area contributed by atoms with Gasteiger partial charge in [-0.2, -0.15) is 5.26 Å². The van der Waals surface area contributed by atoms with E-state index in [1.165, 1.54) is 33.0 Å². The standard InChI is InChI=1S/C49H32N3P/c1-51-49-33-40(30-44(34-50)53(49,42-18-10-4-11-19-42)43-20-12-5-13-21-43)37-22-26-41(27-23-37)52-47-28-24-38(35-14-6-2-7-15-35)31-45(47)46-32-39(25-29-48(46)52)36-16-8-3-9-17-36/h2-33H. The third-order valence-electron chi connectivity index (χ3n) is 10.2. The van der Waals surface area contributed by atoms with Crippen molar-refractivity contribution in [3.8, 4) is 34.0 Å². The van der Waals surface area contributed by atoms with Gasteiger partial charge in [0.1, 0.15) is 0 Å². The van der Waals surface area contributed by atoms with Crippen LogP contribution in [0.25, 0.3) is 60.2 Å². The zero-order valence-corrected chi connectivity index (χ0v) is 29.7. The lowest BCUT2D eigenvalue weighted by Crippen LogP contribution is -2.23. The molecule has 0 spiro atoms. The highest BCUT2D eigenvalue weighted by atomic mass is 31.2. The summed E-state index contributed by atoms with van der Waals surface area (Å²) >= 11 is 0. The van der Waals surface area contributed by atoms with Crippen LogP contribution in [0.2, 0.25) is 0 Å². The summed E-state index contributed by atoms with van der Waals surface area (Å²) in [4.78, 5) is 4.16. The van der Waals surface area contributed by atoms with Crippen molar-refractivity contribution in [1.29, 1.82) is 5.26 Å². The largest absolute Gasteiger partial charge is 0.309 e. The van der Waals surface area contributed by atoms with Crippen LogP contribution in [-0.2, 0) is 0 Å². The number of benzene rings is 7. The molecule has 9 rings (SSSR count). The van der Waals surface area contributed by atoms with E-state index in [4.69, 9.17) is 6.57 Å². The quantitative estimate of drug-likeness (QED) is 0.126. The Kier molecular flexibility index (Phi) is 8.06. The first kappa shape index (κ1) is 32.0. The van der Waals surface area contributed by atoms with E-state index in [0.29, 0.717) is 10.7 Å². The van der Waals surface area contributed by atoms with Crippen LogP contribution < -0.4 is 10.6 Å². The van der Waals surface area contributed by atoms with Crippen LogP contribution in [0.15, 0.2) is 200 Å². The summed E-state index contributed by atoms with van der Waals surface area (Å²) in [7, 11) is 0. The number of nitriles is 1. The van der Waals surface area contributed by atoms with Gasteiger partial charge in [-0.3, -0.25) is 0 Å². The lowest BCUT2D eigenvalue weighted by molar-refractivity contribution is 1.18.